The number of ether oxygens (including phenoxy) is 2. The van der Waals surface area contributed by atoms with Gasteiger partial charge in [0, 0.05) is 35.9 Å². The number of nitrogens with zero attached hydrogens (tertiary/aromatic N) is 6. The van der Waals surface area contributed by atoms with Crippen molar-refractivity contribution in [2.45, 2.75) is 57.6 Å². The predicted octanol–water partition coefficient (Wildman–Crippen LogP) is 5.02. The quantitative estimate of drug-likeness (QED) is 0.401. The van der Waals surface area contributed by atoms with Crippen LogP contribution in [0.1, 0.15) is 66.5 Å². The van der Waals surface area contributed by atoms with E-state index in [1.165, 1.54) is 26.0 Å². The number of hydrogen-bond donors (Lipinski definition) is 0. The molecule has 4 aromatic rings. The summed E-state index contributed by atoms with van der Waals surface area (Å²) in [5, 5.41) is 4.52. The molecule has 35 heavy (non-hydrogen) atoms. The molecule has 2 unspecified atom stereocenters. The average Bonchev–Trinajstić information content (AvgIpc) is 3.60. The molecule has 1 saturated carbocycles. The number of halogens is 1. The van der Waals surface area contributed by atoms with Crippen LogP contribution in [0.25, 0.3) is 22.4 Å². The van der Waals surface area contributed by atoms with Gasteiger partial charge in [-0.05, 0) is 51.7 Å². The molecule has 0 bridgehead atoms. The highest BCUT2D eigenvalue weighted by molar-refractivity contribution is 5.87. The number of hydrogen-bond acceptors (Lipinski definition) is 7. The lowest BCUT2D eigenvalue weighted by atomic mass is 9.92. The topological polar surface area (TPSA) is 87.8 Å². The Bertz CT molecular complexity index is 1420. The Hall–Kier alpha value is -3.46. The van der Waals surface area contributed by atoms with Gasteiger partial charge in [0.05, 0.1) is 36.8 Å². The van der Waals surface area contributed by atoms with E-state index < -0.39 is 5.82 Å². The highest BCUT2D eigenvalue weighted by Crippen LogP contribution is 2.40. The molecule has 3 aromatic heterocycles. The third-order valence-electron chi connectivity index (χ3n) is 6.95. The second-order valence-electron chi connectivity index (χ2n) is 9.41. The smallest absolute Gasteiger partial charge is 0.182 e. The molecule has 0 spiro atoms. The van der Waals surface area contributed by atoms with Gasteiger partial charge in [0.15, 0.2) is 5.65 Å². The summed E-state index contributed by atoms with van der Waals surface area (Å²) < 4.78 is 28.5. The van der Waals surface area contributed by atoms with E-state index in [9.17, 15) is 0 Å². The van der Waals surface area contributed by atoms with E-state index in [0.717, 1.165) is 29.8 Å². The van der Waals surface area contributed by atoms with E-state index in [1.807, 2.05) is 24.7 Å². The first kappa shape index (κ1) is 22.0. The van der Waals surface area contributed by atoms with Crippen molar-refractivity contribution in [1.82, 2.24) is 29.7 Å². The van der Waals surface area contributed by atoms with Crippen molar-refractivity contribution in [2.24, 2.45) is 0 Å². The summed E-state index contributed by atoms with van der Waals surface area (Å²) in [6, 6.07) is 5.29. The lowest BCUT2D eigenvalue weighted by Crippen LogP contribution is -2.20. The van der Waals surface area contributed by atoms with Crippen molar-refractivity contribution in [3.8, 4) is 17.0 Å². The Kier molecular flexibility index (Phi) is 5.44. The van der Waals surface area contributed by atoms with E-state index in [0.29, 0.717) is 46.6 Å². The van der Waals surface area contributed by atoms with Gasteiger partial charge < -0.3 is 9.47 Å². The summed E-state index contributed by atoms with van der Waals surface area (Å²) in [5.41, 5.74) is 4.42. The van der Waals surface area contributed by atoms with Crippen molar-refractivity contribution in [3.63, 3.8) is 0 Å². The maximum atomic E-state index is 15.1. The Morgan fingerprint density at radius 3 is 2.66 bits per heavy atom. The van der Waals surface area contributed by atoms with Crippen molar-refractivity contribution in [3.05, 3.63) is 59.2 Å². The number of rotatable bonds is 5. The third-order valence-corrected chi connectivity index (χ3v) is 6.95. The van der Waals surface area contributed by atoms with Gasteiger partial charge >= 0.3 is 0 Å². The maximum Gasteiger partial charge on any atom is 0.182 e. The first-order chi connectivity index (χ1) is 17.0. The Morgan fingerprint density at radius 2 is 1.89 bits per heavy atom. The Labute approximate surface area is 202 Å². The van der Waals surface area contributed by atoms with Gasteiger partial charge in [0.1, 0.15) is 28.6 Å². The molecule has 8 nitrogen and oxygen atoms in total. The summed E-state index contributed by atoms with van der Waals surface area (Å²) in [4.78, 5) is 19.1. The average molecular weight is 475 g/mol. The molecule has 180 valence electrons. The zero-order chi connectivity index (χ0) is 24.1. The van der Waals surface area contributed by atoms with Gasteiger partial charge in [-0.1, -0.05) is 0 Å². The summed E-state index contributed by atoms with van der Waals surface area (Å²) >= 11 is 0. The van der Waals surface area contributed by atoms with Crippen LogP contribution in [-0.2, 0) is 4.74 Å². The minimum Gasteiger partial charge on any atom is -0.497 e. The second kappa shape index (κ2) is 8.64. The van der Waals surface area contributed by atoms with Crippen molar-refractivity contribution < 1.29 is 13.9 Å². The zero-order valence-corrected chi connectivity index (χ0v) is 20.0. The standard InChI is InChI=1S/C26H27FN6O2/c1-14-15(2)30-26-24(29-14)23(20-7-6-19(34-3)11-21(20)27)31-25(32-26)16-8-9-35-22(10-16)17-12-28-33(13-17)18-4-5-18/h6-7,11-13,16,18,22H,4-5,8-10H2,1-3H3. The number of benzene rings is 1. The Morgan fingerprint density at radius 1 is 1.06 bits per heavy atom. The van der Waals surface area contributed by atoms with Gasteiger partial charge in [-0.15, -0.1) is 0 Å². The summed E-state index contributed by atoms with van der Waals surface area (Å²) in [6.45, 7) is 4.38. The first-order valence-corrected chi connectivity index (χ1v) is 12.0. The van der Waals surface area contributed by atoms with Crippen LogP contribution in [-0.4, -0.2) is 43.4 Å². The molecule has 0 radical (unpaired) electrons. The van der Waals surface area contributed by atoms with E-state index in [4.69, 9.17) is 19.4 Å². The molecular weight excluding hydrogens is 447 g/mol. The molecule has 0 amide bonds. The number of fused-ring (bicyclic) bond motifs is 1. The van der Waals surface area contributed by atoms with Crippen molar-refractivity contribution in [2.75, 3.05) is 13.7 Å². The van der Waals surface area contributed by atoms with Crippen LogP contribution in [0.5, 0.6) is 5.75 Å². The minimum absolute atomic E-state index is 0.0471. The monoisotopic (exact) mass is 474 g/mol. The van der Waals surface area contributed by atoms with E-state index in [2.05, 4.69) is 21.3 Å². The summed E-state index contributed by atoms with van der Waals surface area (Å²) in [5.74, 6) is 0.712. The van der Waals surface area contributed by atoms with Crippen LogP contribution >= 0.6 is 0 Å². The molecule has 9 heteroatoms. The molecule has 2 aliphatic rings. The molecule has 2 fully saturated rings. The van der Waals surface area contributed by atoms with E-state index in [1.54, 1.807) is 12.1 Å². The van der Waals surface area contributed by atoms with Crippen LogP contribution < -0.4 is 4.74 Å². The maximum absolute atomic E-state index is 15.1. The van der Waals surface area contributed by atoms with Crippen LogP contribution in [0.15, 0.2) is 30.6 Å². The first-order valence-electron chi connectivity index (χ1n) is 12.0. The molecule has 6 rings (SSSR count). The third kappa shape index (κ3) is 4.14. The molecule has 1 saturated heterocycles. The summed E-state index contributed by atoms with van der Waals surface area (Å²) in [6.07, 6.45) is 7.80. The molecular formula is C26H27FN6O2. The molecule has 1 aliphatic heterocycles. The van der Waals surface area contributed by atoms with Crippen LogP contribution in [0.4, 0.5) is 4.39 Å². The van der Waals surface area contributed by atoms with Crippen LogP contribution in [0.3, 0.4) is 0 Å². The minimum atomic E-state index is -0.423. The van der Waals surface area contributed by atoms with E-state index >= 15 is 4.39 Å². The second-order valence-corrected chi connectivity index (χ2v) is 9.41. The van der Waals surface area contributed by atoms with Gasteiger partial charge in [0.2, 0.25) is 0 Å². The normalized spacial score (nSPS) is 20.3. The van der Waals surface area contributed by atoms with E-state index in [-0.39, 0.29) is 12.0 Å². The highest BCUT2D eigenvalue weighted by Gasteiger charge is 2.31. The number of methoxy groups -OCH3 is 1. The fourth-order valence-electron chi connectivity index (χ4n) is 4.64. The Balaban J connectivity index is 1.41. The fraction of sp³-hybridized carbons (Fsp3) is 0.423. The highest BCUT2D eigenvalue weighted by atomic mass is 19.1. The largest absolute Gasteiger partial charge is 0.497 e. The molecule has 4 heterocycles. The lowest BCUT2D eigenvalue weighted by Gasteiger charge is -2.28. The van der Waals surface area contributed by atoms with Gasteiger partial charge in [-0.3, -0.25) is 4.68 Å². The van der Waals surface area contributed by atoms with Crippen molar-refractivity contribution >= 4 is 11.2 Å². The lowest BCUT2D eigenvalue weighted by molar-refractivity contribution is 0.00396. The van der Waals surface area contributed by atoms with Gasteiger partial charge in [0.25, 0.3) is 0 Å². The van der Waals surface area contributed by atoms with Crippen LogP contribution in [0, 0.1) is 19.7 Å². The molecule has 1 aliphatic carbocycles. The SMILES string of the molecule is COc1ccc(-c2nc(C3CCOC(c4cnn(C5CC5)c4)C3)nc3nc(C)c(C)nc23)c(F)c1. The van der Waals surface area contributed by atoms with Crippen LogP contribution in [0.2, 0.25) is 0 Å². The molecule has 2 atom stereocenters. The predicted molar refractivity (Wildman–Crippen MR) is 128 cm³/mol. The van der Waals surface area contributed by atoms with Crippen molar-refractivity contribution in [1.29, 1.82) is 0 Å². The van der Waals surface area contributed by atoms with Gasteiger partial charge in [-0.2, -0.15) is 5.10 Å². The fourth-order valence-corrected chi connectivity index (χ4v) is 4.64. The van der Waals surface area contributed by atoms with Gasteiger partial charge in [-0.25, -0.2) is 24.3 Å². The molecule has 0 N–H and O–H groups in total. The number of aromatic nitrogens is 6. The number of aryl methyl sites for hydroxylation is 2. The zero-order valence-electron chi connectivity index (χ0n) is 20.0. The summed E-state index contributed by atoms with van der Waals surface area (Å²) in [7, 11) is 1.51. The molecule has 1 aromatic carbocycles.